The van der Waals surface area contributed by atoms with Crippen molar-refractivity contribution in [1.29, 1.82) is 0 Å². The van der Waals surface area contributed by atoms with Crippen LogP contribution < -0.4 is 0 Å². The molecule has 186 valence electrons. The summed E-state index contributed by atoms with van der Waals surface area (Å²) in [6.45, 7) is 0. The van der Waals surface area contributed by atoms with Gasteiger partial charge in [-0.3, -0.25) is 0 Å². The maximum atomic E-state index is 2.38. The van der Waals surface area contributed by atoms with Crippen LogP contribution in [-0.4, -0.2) is 0 Å². The molecule has 0 atom stereocenters. The summed E-state index contributed by atoms with van der Waals surface area (Å²) in [4.78, 5) is 0. The number of hydrogen-bond acceptors (Lipinski definition) is 0. The Labute approximate surface area is 233 Å². The third kappa shape index (κ3) is 3.54. The largest absolute Gasteiger partial charge is 0.0622 e. The van der Waals surface area contributed by atoms with Crippen LogP contribution in [0.2, 0.25) is 0 Å². The first-order valence-electron chi connectivity index (χ1n) is 13.9. The SMILES string of the molecule is c1ccc(-c2c3ccccc3c(-c3cccc(-c4cccc5c4ccc4ccccc45)c3)c3ccccc23)cc1. The van der Waals surface area contributed by atoms with E-state index in [1.807, 2.05) is 0 Å². The first-order valence-corrected chi connectivity index (χ1v) is 13.9. The molecule has 0 unspecified atom stereocenters. The molecule has 0 fully saturated rings. The molecule has 0 aromatic heterocycles. The quantitative estimate of drug-likeness (QED) is 0.165. The number of fused-ring (bicyclic) bond motifs is 5. The van der Waals surface area contributed by atoms with E-state index in [0.717, 1.165) is 0 Å². The van der Waals surface area contributed by atoms with E-state index in [9.17, 15) is 0 Å². The Kier molecular flexibility index (Phi) is 5.24. The Bertz CT molecular complexity index is 2150. The number of rotatable bonds is 3. The predicted molar refractivity (Wildman–Crippen MR) is 173 cm³/mol. The van der Waals surface area contributed by atoms with Gasteiger partial charge in [0.15, 0.2) is 0 Å². The zero-order valence-corrected chi connectivity index (χ0v) is 22.0. The van der Waals surface area contributed by atoms with Gasteiger partial charge in [-0.25, -0.2) is 0 Å². The Hall–Kier alpha value is -5.20. The topological polar surface area (TPSA) is 0 Å². The highest BCUT2D eigenvalue weighted by atomic mass is 14.2. The fourth-order valence-electron chi connectivity index (χ4n) is 6.49. The van der Waals surface area contributed by atoms with Crippen molar-refractivity contribution in [2.45, 2.75) is 0 Å². The molecule has 0 saturated heterocycles. The van der Waals surface area contributed by atoms with Crippen molar-refractivity contribution >= 4 is 43.1 Å². The second-order valence-electron chi connectivity index (χ2n) is 10.5. The van der Waals surface area contributed by atoms with Crippen molar-refractivity contribution in [1.82, 2.24) is 0 Å². The van der Waals surface area contributed by atoms with Crippen molar-refractivity contribution in [3.8, 4) is 33.4 Å². The fourth-order valence-corrected chi connectivity index (χ4v) is 6.49. The van der Waals surface area contributed by atoms with E-state index in [2.05, 4.69) is 158 Å². The molecule has 0 amide bonds. The van der Waals surface area contributed by atoms with E-state index in [1.54, 1.807) is 0 Å². The summed E-state index contributed by atoms with van der Waals surface area (Å²) in [7, 11) is 0. The Morgan fingerprint density at radius 2 is 0.750 bits per heavy atom. The van der Waals surface area contributed by atoms with Gasteiger partial charge < -0.3 is 0 Å². The van der Waals surface area contributed by atoms with Crippen LogP contribution >= 0.6 is 0 Å². The fraction of sp³-hybridized carbons (Fsp3) is 0. The van der Waals surface area contributed by atoms with Gasteiger partial charge in [0.05, 0.1) is 0 Å². The molecule has 0 aliphatic heterocycles. The summed E-state index contributed by atoms with van der Waals surface area (Å²) >= 11 is 0. The molecule has 0 heterocycles. The molecule has 8 aromatic rings. The Morgan fingerprint density at radius 3 is 1.45 bits per heavy atom. The summed E-state index contributed by atoms with van der Waals surface area (Å²) in [6, 6.07) is 57.5. The average Bonchev–Trinajstić information content (AvgIpc) is 3.03. The molecule has 0 bridgehead atoms. The Balaban J connectivity index is 1.41. The minimum Gasteiger partial charge on any atom is -0.0622 e. The standard InChI is InChI=1S/C40H26/c1-2-13-28(14-3-1)39-35-18-6-8-20-37(35)40(38-21-9-7-19-36(38)39)30-16-10-15-29(26-30)32-22-11-23-33-31-17-5-4-12-27(31)24-25-34(32)33/h1-26H. The minimum atomic E-state index is 1.23. The summed E-state index contributed by atoms with van der Waals surface area (Å²) in [5.41, 5.74) is 7.57. The maximum absolute atomic E-state index is 2.38. The van der Waals surface area contributed by atoms with E-state index in [0.29, 0.717) is 0 Å². The second-order valence-corrected chi connectivity index (χ2v) is 10.5. The molecule has 0 aliphatic carbocycles. The summed E-state index contributed by atoms with van der Waals surface area (Å²) in [5, 5.41) is 10.3. The smallest absolute Gasteiger partial charge is 0.00262 e. The van der Waals surface area contributed by atoms with Crippen LogP contribution in [0.1, 0.15) is 0 Å². The monoisotopic (exact) mass is 506 g/mol. The van der Waals surface area contributed by atoms with Crippen molar-refractivity contribution in [3.63, 3.8) is 0 Å². The Morgan fingerprint density at radius 1 is 0.250 bits per heavy atom. The molecule has 0 saturated carbocycles. The molecule has 0 heteroatoms. The highest BCUT2D eigenvalue weighted by Crippen LogP contribution is 2.44. The van der Waals surface area contributed by atoms with E-state index in [-0.39, 0.29) is 0 Å². The maximum Gasteiger partial charge on any atom is -0.00262 e. The molecule has 40 heavy (non-hydrogen) atoms. The first kappa shape index (κ1) is 22.8. The van der Waals surface area contributed by atoms with Crippen molar-refractivity contribution < 1.29 is 0 Å². The predicted octanol–water partition coefficient (Wildman–Crippen LogP) is 11.3. The van der Waals surface area contributed by atoms with Gasteiger partial charge in [0.2, 0.25) is 0 Å². The van der Waals surface area contributed by atoms with Crippen LogP contribution in [0.25, 0.3) is 76.5 Å². The molecule has 0 N–H and O–H groups in total. The van der Waals surface area contributed by atoms with Gasteiger partial charge in [0.25, 0.3) is 0 Å². The number of hydrogen-bond donors (Lipinski definition) is 0. The molecule has 0 spiro atoms. The average molecular weight is 507 g/mol. The first-order chi connectivity index (χ1) is 19.9. The normalized spacial score (nSPS) is 11.5. The van der Waals surface area contributed by atoms with Gasteiger partial charge in [-0.05, 0) is 82.5 Å². The minimum absolute atomic E-state index is 1.23. The molecule has 8 aromatic carbocycles. The van der Waals surface area contributed by atoms with Gasteiger partial charge in [0, 0.05) is 0 Å². The van der Waals surface area contributed by atoms with Gasteiger partial charge in [-0.1, -0.05) is 152 Å². The summed E-state index contributed by atoms with van der Waals surface area (Å²) in [5.74, 6) is 0. The van der Waals surface area contributed by atoms with Crippen molar-refractivity contribution in [3.05, 3.63) is 158 Å². The van der Waals surface area contributed by atoms with Gasteiger partial charge >= 0.3 is 0 Å². The van der Waals surface area contributed by atoms with Crippen LogP contribution in [0.3, 0.4) is 0 Å². The molecule has 0 radical (unpaired) electrons. The van der Waals surface area contributed by atoms with Crippen LogP contribution in [-0.2, 0) is 0 Å². The molecule has 0 aliphatic rings. The van der Waals surface area contributed by atoms with Crippen molar-refractivity contribution in [2.24, 2.45) is 0 Å². The summed E-state index contributed by atoms with van der Waals surface area (Å²) in [6.07, 6.45) is 0. The van der Waals surface area contributed by atoms with Gasteiger partial charge in [-0.15, -0.1) is 0 Å². The second kappa shape index (κ2) is 9.22. The molecule has 8 rings (SSSR count). The van der Waals surface area contributed by atoms with Crippen molar-refractivity contribution in [2.75, 3.05) is 0 Å². The van der Waals surface area contributed by atoms with Crippen LogP contribution in [0.4, 0.5) is 0 Å². The molecular weight excluding hydrogens is 480 g/mol. The highest BCUT2D eigenvalue weighted by Gasteiger charge is 2.17. The third-order valence-electron chi connectivity index (χ3n) is 8.24. The van der Waals surface area contributed by atoms with Crippen LogP contribution in [0, 0.1) is 0 Å². The highest BCUT2D eigenvalue weighted by molar-refractivity contribution is 6.21. The lowest BCUT2D eigenvalue weighted by Crippen LogP contribution is -1.91. The number of benzene rings is 8. The van der Waals surface area contributed by atoms with E-state index >= 15 is 0 Å². The lowest BCUT2D eigenvalue weighted by molar-refractivity contribution is 1.63. The van der Waals surface area contributed by atoms with Gasteiger partial charge in [0.1, 0.15) is 0 Å². The molecule has 0 nitrogen and oxygen atoms in total. The lowest BCUT2D eigenvalue weighted by Gasteiger charge is -2.18. The van der Waals surface area contributed by atoms with Gasteiger partial charge in [-0.2, -0.15) is 0 Å². The molecular formula is C40H26. The van der Waals surface area contributed by atoms with E-state index in [4.69, 9.17) is 0 Å². The van der Waals surface area contributed by atoms with Crippen LogP contribution in [0.5, 0.6) is 0 Å². The zero-order valence-electron chi connectivity index (χ0n) is 22.0. The summed E-state index contributed by atoms with van der Waals surface area (Å²) < 4.78 is 0. The lowest BCUT2D eigenvalue weighted by atomic mass is 9.85. The van der Waals surface area contributed by atoms with E-state index in [1.165, 1.54) is 76.5 Å². The van der Waals surface area contributed by atoms with E-state index < -0.39 is 0 Å². The zero-order chi connectivity index (χ0) is 26.5. The third-order valence-corrected chi connectivity index (χ3v) is 8.24. The van der Waals surface area contributed by atoms with Crippen LogP contribution in [0.15, 0.2) is 158 Å².